The number of ether oxygens (including phenoxy) is 1. The molecular weight excluding hydrogens is 252 g/mol. The minimum Gasteiger partial charge on any atom is -0.394 e. The lowest BCUT2D eigenvalue weighted by atomic mass is 10.0. The average molecular weight is 274 g/mol. The number of fused-ring (bicyclic) bond motifs is 1. The van der Waals surface area contributed by atoms with Gasteiger partial charge in [0.05, 0.1) is 18.9 Å². The third-order valence-electron chi connectivity index (χ3n) is 4.44. The van der Waals surface area contributed by atoms with Gasteiger partial charge in [-0.2, -0.15) is 0 Å². The molecule has 3 saturated heterocycles. The second kappa shape index (κ2) is 5.23. The Kier molecular flexibility index (Phi) is 3.76. The molecule has 3 fully saturated rings. The summed E-state index contributed by atoms with van der Waals surface area (Å²) in [5, 5.41) is 35.5. The summed E-state index contributed by atoms with van der Waals surface area (Å²) in [5.41, 5.74) is 6.03. The van der Waals surface area contributed by atoms with Crippen molar-refractivity contribution in [3.63, 3.8) is 0 Å². The van der Waals surface area contributed by atoms with E-state index in [0.29, 0.717) is 6.67 Å². The molecule has 7 atom stereocenters. The number of aliphatic hydroxyl groups is 3. The predicted molar refractivity (Wildman–Crippen MR) is 65.5 cm³/mol. The van der Waals surface area contributed by atoms with Gasteiger partial charge >= 0.3 is 0 Å². The summed E-state index contributed by atoms with van der Waals surface area (Å²) >= 11 is 0. The van der Waals surface area contributed by atoms with E-state index in [1.165, 1.54) is 0 Å². The minimum absolute atomic E-state index is 0.0283. The largest absolute Gasteiger partial charge is 0.394 e. The van der Waals surface area contributed by atoms with E-state index in [1.807, 2.05) is 4.90 Å². The van der Waals surface area contributed by atoms with E-state index in [4.69, 9.17) is 15.6 Å². The molecule has 8 heteroatoms. The SMILES string of the molecule is NC1NCNC2C1CCN2[C@@H]1O[C@H](CO)[C@@H](O)[C@H]1O. The van der Waals surface area contributed by atoms with Crippen LogP contribution in [0.1, 0.15) is 6.42 Å². The molecule has 3 rings (SSSR count). The van der Waals surface area contributed by atoms with Crippen molar-refractivity contribution in [2.75, 3.05) is 19.8 Å². The fourth-order valence-corrected chi connectivity index (χ4v) is 3.36. The molecule has 8 nitrogen and oxygen atoms in total. The summed E-state index contributed by atoms with van der Waals surface area (Å²) in [6, 6.07) is 0. The number of aliphatic hydroxyl groups excluding tert-OH is 3. The van der Waals surface area contributed by atoms with Gasteiger partial charge in [-0.05, 0) is 6.42 Å². The number of nitrogens with zero attached hydrogens (tertiary/aromatic N) is 1. The van der Waals surface area contributed by atoms with Crippen LogP contribution in [0.2, 0.25) is 0 Å². The maximum atomic E-state index is 10.1. The van der Waals surface area contributed by atoms with E-state index in [1.54, 1.807) is 0 Å². The van der Waals surface area contributed by atoms with Gasteiger partial charge in [0.2, 0.25) is 0 Å². The van der Waals surface area contributed by atoms with E-state index in [2.05, 4.69) is 10.6 Å². The van der Waals surface area contributed by atoms with Crippen molar-refractivity contribution < 1.29 is 20.1 Å². The smallest absolute Gasteiger partial charge is 0.141 e. The molecule has 0 aromatic rings. The summed E-state index contributed by atoms with van der Waals surface area (Å²) < 4.78 is 5.58. The Bertz CT molecular complexity index is 334. The van der Waals surface area contributed by atoms with Gasteiger partial charge in [-0.15, -0.1) is 0 Å². The molecule has 0 amide bonds. The summed E-state index contributed by atoms with van der Waals surface area (Å²) in [6.07, 6.45) is -2.53. The molecule has 19 heavy (non-hydrogen) atoms. The van der Waals surface area contributed by atoms with Crippen LogP contribution in [-0.4, -0.2) is 76.9 Å². The maximum absolute atomic E-state index is 10.1. The number of rotatable bonds is 2. The first-order valence-corrected chi connectivity index (χ1v) is 6.74. The number of likely N-dealkylation sites (tertiary alicyclic amines) is 1. The summed E-state index contributed by atoms with van der Waals surface area (Å²) in [7, 11) is 0. The lowest BCUT2D eigenvalue weighted by Crippen LogP contribution is -2.64. The molecule has 3 aliphatic heterocycles. The standard InChI is InChI=1S/C11H22N4O4/c12-9-5-1-2-15(10(5)14-4-13-9)11-8(18)7(17)6(3-16)19-11/h5-11,13-14,16-18H,1-4,12H2/t5?,6-,7-,8-,9?,10?,11-/m1/s1. The highest BCUT2D eigenvalue weighted by Crippen LogP contribution is 2.33. The fourth-order valence-electron chi connectivity index (χ4n) is 3.36. The summed E-state index contributed by atoms with van der Waals surface area (Å²) in [4.78, 5) is 1.99. The van der Waals surface area contributed by atoms with E-state index < -0.39 is 24.5 Å². The summed E-state index contributed by atoms with van der Waals surface area (Å²) in [5.74, 6) is 0.245. The number of nitrogens with two attached hydrogens (primary N) is 1. The number of hydrogen-bond donors (Lipinski definition) is 6. The molecule has 7 N–H and O–H groups in total. The van der Waals surface area contributed by atoms with Crippen LogP contribution in [0.5, 0.6) is 0 Å². The van der Waals surface area contributed by atoms with Crippen LogP contribution in [-0.2, 0) is 4.74 Å². The summed E-state index contributed by atoms with van der Waals surface area (Å²) in [6.45, 7) is 1.04. The van der Waals surface area contributed by atoms with Crippen molar-refractivity contribution >= 4 is 0 Å². The van der Waals surface area contributed by atoms with Crippen molar-refractivity contribution in [3.8, 4) is 0 Å². The second-order valence-corrected chi connectivity index (χ2v) is 5.47. The maximum Gasteiger partial charge on any atom is 0.141 e. The van der Waals surface area contributed by atoms with Gasteiger partial charge in [-0.1, -0.05) is 0 Å². The third kappa shape index (κ3) is 2.18. The average Bonchev–Trinajstić information content (AvgIpc) is 2.94. The molecule has 3 unspecified atom stereocenters. The van der Waals surface area contributed by atoms with Crippen molar-refractivity contribution in [3.05, 3.63) is 0 Å². The molecule has 0 aromatic heterocycles. The van der Waals surface area contributed by atoms with Crippen LogP contribution in [0.15, 0.2) is 0 Å². The van der Waals surface area contributed by atoms with Crippen LogP contribution >= 0.6 is 0 Å². The van der Waals surface area contributed by atoms with Crippen LogP contribution in [0.4, 0.5) is 0 Å². The molecular formula is C11H22N4O4. The van der Waals surface area contributed by atoms with Gasteiger partial charge in [0.15, 0.2) is 0 Å². The van der Waals surface area contributed by atoms with Crippen LogP contribution < -0.4 is 16.4 Å². The van der Waals surface area contributed by atoms with Crippen molar-refractivity contribution in [1.29, 1.82) is 0 Å². The number of hydrogen-bond acceptors (Lipinski definition) is 8. The van der Waals surface area contributed by atoms with Crippen LogP contribution in [0.25, 0.3) is 0 Å². The van der Waals surface area contributed by atoms with E-state index >= 15 is 0 Å². The minimum atomic E-state index is -1.05. The zero-order chi connectivity index (χ0) is 13.6. The first-order valence-electron chi connectivity index (χ1n) is 6.74. The lowest BCUT2D eigenvalue weighted by Gasteiger charge is -2.39. The normalized spacial score (nSPS) is 51.5. The predicted octanol–water partition coefficient (Wildman–Crippen LogP) is -3.49. The van der Waals surface area contributed by atoms with Crippen LogP contribution in [0, 0.1) is 5.92 Å². The fraction of sp³-hybridized carbons (Fsp3) is 1.00. The van der Waals surface area contributed by atoms with E-state index in [-0.39, 0.29) is 24.9 Å². The molecule has 0 bridgehead atoms. The Balaban J connectivity index is 1.73. The first-order chi connectivity index (χ1) is 9.13. The quantitative estimate of drug-likeness (QED) is 0.307. The van der Waals surface area contributed by atoms with Gasteiger partial charge in [0.1, 0.15) is 24.5 Å². The van der Waals surface area contributed by atoms with E-state index in [0.717, 1.165) is 13.0 Å². The first kappa shape index (κ1) is 13.7. The highest BCUT2D eigenvalue weighted by molar-refractivity contribution is 4.99. The Labute approximate surface area is 111 Å². The second-order valence-electron chi connectivity index (χ2n) is 5.47. The molecule has 0 spiro atoms. The third-order valence-corrected chi connectivity index (χ3v) is 4.44. The van der Waals surface area contributed by atoms with Crippen molar-refractivity contribution in [2.45, 2.75) is 43.3 Å². The Morgan fingerprint density at radius 1 is 1.26 bits per heavy atom. The molecule has 0 aliphatic carbocycles. The van der Waals surface area contributed by atoms with Gasteiger partial charge in [0, 0.05) is 19.1 Å². The van der Waals surface area contributed by atoms with Gasteiger partial charge in [-0.3, -0.25) is 15.5 Å². The molecule has 3 aliphatic rings. The zero-order valence-electron chi connectivity index (χ0n) is 10.6. The lowest BCUT2D eigenvalue weighted by molar-refractivity contribution is -0.112. The topological polar surface area (TPSA) is 123 Å². The molecule has 110 valence electrons. The zero-order valence-corrected chi connectivity index (χ0v) is 10.6. The van der Waals surface area contributed by atoms with E-state index in [9.17, 15) is 10.2 Å². The Morgan fingerprint density at radius 2 is 2.05 bits per heavy atom. The van der Waals surface area contributed by atoms with Gasteiger partial charge in [-0.25, -0.2) is 0 Å². The molecule has 0 saturated carbocycles. The molecule has 3 heterocycles. The van der Waals surface area contributed by atoms with Crippen molar-refractivity contribution in [2.24, 2.45) is 11.7 Å². The van der Waals surface area contributed by atoms with Crippen molar-refractivity contribution in [1.82, 2.24) is 15.5 Å². The molecule has 0 aromatic carbocycles. The molecule has 0 radical (unpaired) electrons. The van der Waals surface area contributed by atoms with Gasteiger partial charge < -0.3 is 25.8 Å². The number of nitrogens with one attached hydrogen (secondary N) is 2. The Morgan fingerprint density at radius 3 is 2.74 bits per heavy atom. The monoisotopic (exact) mass is 274 g/mol. The van der Waals surface area contributed by atoms with Crippen LogP contribution in [0.3, 0.4) is 0 Å². The highest BCUT2D eigenvalue weighted by Gasteiger charge is 2.51. The van der Waals surface area contributed by atoms with Gasteiger partial charge in [0.25, 0.3) is 0 Å². The Hall–Kier alpha value is -0.320. The highest BCUT2D eigenvalue weighted by atomic mass is 16.6.